The molecule has 19 heavy (non-hydrogen) atoms. The number of alkyl halides is 2. The van der Waals surface area contributed by atoms with Gasteiger partial charge in [0.15, 0.2) is 5.75 Å². The Bertz CT molecular complexity index is 493. The lowest BCUT2D eigenvalue weighted by atomic mass is 10.3. The molecule has 0 bridgehead atoms. The first kappa shape index (κ1) is 13.5. The van der Waals surface area contributed by atoms with E-state index < -0.39 is 17.8 Å². The molecule has 7 heteroatoms. The van der Waals surface area contributed by atoms with Crippen LogP contribution >= 0.6 is 0 Å². The highest BCUT2D eigenvalue weighted by Gasteiger charge is 2.57. The van der Waals surface area contributed by atoms with Gasteiger partial charge in [-0.3, -0.25) is 0 Å². The summed E-state index contributed by atoms with van der Waals surface area (Å²) in [7, 11) is 2.62. The van der Waals surface area contributed by atoms with Crippen molar-refractivity contribution >= 4 is 5.97 Å². The Kier molecular flexibility index (Phi) is 3.55. The van der Waals surface area contributed by atoms with Gasteiger partial charge in [0.25, 0.3) is 11.8 Å². The summed E-state index contributed by atoms with van der Waals surface area (Å²) in [6.45, 7) is -0.131. The molecule has 1 heterocycles. The molecule has 1 aliphatic carbocycles. The second-order valence-corrected chi connectivity index (χ2v) is 4.20. The number of methoxy groups -OCH3 is 2. The third kappa shape index (κ3) is 2.91. The van der Waals surface area contributed by atoms with Crippen LogP contribution in [0.4, 0.5) is 8.78 Å². The third-order valence-electron chi connectivity index (χ3n) is 2.84. The van der Waals surface area contributed by atoms with Crippen molar-refractivity contribution < 1.29 is 27.8 Å². The monoisotopic (exact) mass is 273 g/mol. The summed E-state index contributed by atoms with van der Waals surface area (Å²) in [6.07, 6.45) is 1.07. The van der Waals surface area contributed by atoms with Crippen molar-refractivity contribution in [3.8, 4) is 11.6 Å². The summed E-state index contributed by atoms with van der Waals surface area (Å²) < 4.78 is 40.1. The molecule has 0 spiro atoms. The normalized spacial score (nSPS) is 19.7. The third-order valence-corrected chi connectivity index (χ3v) is 2.84. The van der Waals surface area contributed by atoms with E-state index in [0.717, 1.165) is 0 Å². The first-order chi connectivity index (χ1) is 8.97. The fraction of sp³-hybridized carbons (Fsp3) is 0.500. The van der Waals surface area contributed by atoms with E-state index in [0.29, 0.717) is 0 Å². The van der Waals surface area contributed by atoms with Crippen LogP contribution in [0.3, 0.4) is 0 Å². The first-order valence-corrected chi connectivity index (χ1v) is 5.61. The topological polar surface area (TPSA) is 57.7 Å². The van der Waals surface area contributed by atoms with Crippen molar-refractivity contribution in [1.82, 2.24) is 4.98 Å². The molecule has 0 N–H and O–H groups in total. The molecule has 0 aliphatic heterocycles. The Morgan fingerprint density at radius 2 is 2.21 bits per heavy atom. The average molecular weight is 273 g/mol. The molecule has 2 rings (SSSR count). The van der Waals surface area contributed by atoms with Gasteiger partial charge in [0, 0.05) is 18.7 Å². The highest BCUT2D eigenvalue weighted by Crippen LogP contribution is 2.48. The van der Waals surface area contributed by atoms with Crippen molar-refractivity contribution in [2.24, 2.45) is 5.92 Å². The predicted octanol–water partition coefficient (Wildman–Crippen LogP) is 1.91. The molecule has 1 aromatic rings. The van der Waals surface area contributed by atoms with Gasteiger partial charge in [-0.1, -0.05) is 0 Å². The molecule has 0 amide bonds. The first-order valence-electron chi connectivity index (χ1n) is 5.61. The molecule has 1 saturated carbocycles. The van der Waals surface area contributed by atoms with Crippen LogP contribution in [0.1, 0.15) is 16.8 Å². The predicted molar refractivity (Wildman–Crippen MR) is 60.7 cm³/mol. The summed E-state index contributed by atoms with van der Waals surface area (Å²) in [5, 5.41) is 0. The maximum absolute atomic E-state index is 12.7. The number of aromatic nitrogens is 1. The number of carbonyl (C=O) groups excluding carboxylic acids is 1. The van der Waals surface area contributed by atoms with Crippen LogP contribution < -0.4 is 9.47 Å². The zero-order valence-corrected chi connectivity index (χ0v) is 10.5. The molecule has 1 aliphatic rings. The van der Waals surface area contributed by atoms with Crippen LogP contribution in [0.15, 0.2) is 12.3 Å². The van der Waals surface area contributed by atoms with Crippen molar-refractivity contribution in [2.45, 2.75) is 12.3 Å². The average Bonchev–Trinajstić information content (AvgIpc) is 3.02. The van der Waals surface area contributed by atoms with E-state index in [1.165, 1.54) is 26.5 Å². The minimum absolute atomic E-state index is 0.0813. The zero-order chi connectivity index (χ0) is 14.0. The largest absolute Gasteiger partial charge is 0.491 e. The molecule has 0 radical (unpaired) electrons. The maximum atomic E-state index is 12.7. The van der Waals surface area contributed by atoms with Crippen LogP contribution in [0, 0.1) is 5.92 Å². The van der Waals surface area contributed by atoms with E-state index in [1.807, 2.05) is 0 Å². The molecule has 0 unspecified atom stereocenters. The molecule has 1 fully saturated rings. The second kappa shape index (κ2) is 4.99. The smallest absolute Gasteiger partial charge is 0.339 e. The number of hydrogen-bond acceptors (Lipinski definition) is 5. The van der Waals surface area contributed by atoms with Crippen LogP contribution in [-0.4, -0.2) is 37.7 Å². The maximum Gasteiger partial charge on any atom is 0.339 e. The number of pyridine rings is 1. The van der Waals surface area contributed by atoms with Gasteiger partial charge >= 0.3 is 5.97 Å². The number of nitrogens with zero attached hydrogens (tertiary/aromatic N) is 1. The van der Waals surface area contributed by atoms with Gasteiger partial charge in [-0.25, -0.2) is 18.6 Å². The fourth-order valence-corrected chi connectivity index (χ4v) is 1.55. The molecule has 1 aromatic heterocycles. The van der Waals surface area contributed by atoms with Gasteiger partial charge in [-0.2, -0.15) is 0 Å². The number of hydrogen-bond donors (Lipinski definition) is 0. The quantitative estimate of drug-likeness (QED) is 0.767. The highest BCUT2D eigenvalue weighted by molar-refractivity contribution is 5.89. The lowest BCUT2D eigenvalue weighted by molar-refractivity contribution is 0.0599. The van der Waals surface area contributed by atoms with Gasteiger partial charge in [0.2, 0.25) is 0 Å². The summed E-state index contributed by atoms with van der Waals surface area (Å²) in [5.41, 5.74) is 0.198. The highest BCUT2D eigenvalue weighted by atomic mass is 19.3. The molecule has 0 saturated heterocycles. The Morgan fingerprint density at radius 3 is 2.74 bits per heavy atom. The summed E-state index contributed by atoms with van der Waals surface area (Å²) in [5.74, 6) is -3.70. The van der Waals surface area contributed by atoms with E-state index >= 15 is 0 Å². The minimum atomic E-state index is -2.64. The van der Waals surface area contributed by atoms with Gasteiger partial charge in [0.05, 0.1) is 32.3 Å². The van der Waals surface area contributed by atoms with Gasteiger partial charge < -0.3 is 14.2 Å². The Morgan fingerprint density at radius 1 is 1.53 bits per heavy atom. The standard InChI is InChI=1S/C12H13F2NO4/c1-17-9-3-7(11(16)18-2)5-15-10(9)19-6-8-4-12(8,13)14/h3,5,8H,4,6H2,1-2H3/t8-/m1/s1. The van der Waals surface area contributed by atoms with Crippen molar-refractivity contribution in [3.63, 3.8) is 0 Å². The van der Waals surface area contributed by atoms with Crippen molar-refractivity contribution in [1.29, 1.82) is 0 Å². The van der Waals surface area contributed by atoms with Crippen LogP contribution in [0.25, 0.3) is 0 Å². The van der Waals surface area contributed by atoms with E-state index in [-0.39, 0.29) is 30.2 Å². The second-order valence-electron chi connectivity index (χ2n) is 4.20. The Balaban J connectivity index is 2.06. The zero-order valence-electron chi connectivity index (χ0n) is 10.5. The summed E-state index contributed by atoms with van der Waals surface area (Å²) in [4.78, 5) is 15.2. The SMILES string of the molecule is COC(=O)c1cnc(OC[C@H]2CC2(F)F)c(OC)c1. The minimum Gasteiger partial charge on any atom is -0.491 e. The molecule has 0 aromatic carbocycles. The van der Waals surface area contributed by atoms with E-state index in [4.69, 9.17) is 9.47 Å². The van der Waals surface area contributed by atoms with Gasteiger partial charge in [-0.05, 0) is 0 Å². The van der Waals surface area contributed by atoms with E-state index in [2.05, 4.69) is 9.72 Å². The molecular formula is C12H13F2NO4. The molecule has 1 atom stereocenters. The van der Waals surface area contributed by atoms with Gasteiger partial charge in [-0.15, -0.1) is 0 Å². The van der Waals surface area contributed by atoms with E-state index in [1.54, 1.807) is 0 Å². The lowest BCUT2D eigenvalue weighted by Gasteiger charge is -2.10. The fourth-order valence-electron chi connectivity index (χ4n) is 1.55. The van der Waals surface area contributed by atoms with Crippen LogP contribution in [-0.2, 0) is 4.74 Å². The van der Waals surface area contributed by atoms with Crippen LogP contribution in [0.5, 0.6) is 11.6 Å². The van der Waals surface area contributed by atoms with Crippen LogP contribution in [0.2, 0.25) is 0 Å². The number of carbonyl (C=O) groups is 1. The number of esters is 1. The summed E-state index contributed by atoms with van der Waals surface area (Å²) in [6, 6.07) is 1.39. The van der Waals surface area contributed by atoms with Crippen molar-refractivity contribution in [3.05, 3.63) is 17.8 Å². The Labute approximate surface area is 108 Å². The summed E-state index contributed by atoms with van der Waals surface area (Å²) >= 11 is 0. The van der Waals surface area contributed by atoms with Crippen molar-refractivity contribution in [2.75, 3.05) is 20.8 Å². The Hall–Kier alpha value is -1.92. The number of halogens is 2. The van der Waals surface area contributed by atoms with Gasteiger partial charge in [0.1, 0.15) is 0 Å². The number of ether oxygens (including phenoxy) is 3. The van der Waals surface area contributed by atoms with E-state index in [9.17, 15) is 13.6 Å². The molecule has 104 valence electrons. The molecule has 5 nitrogen and oxygen atoms in total. The lowest BCUT2D eigenvalue weighted by Crippen LogP contribution is -2.09. The number of rotatable bonds is 5. The molecular weight excluding hydrogens is 260 g/mol.